The molecule has 45 nitrogen and oxygen atoms in total. The second-order valence-corrected chi connectivity index (χ2v) is 31.2. The van der Waals surface area contributed by atoms with Gasteiger partial charge in [0.15, 0.2) is 5.78 Å². The molecule has 25 N–H and O–H groups in total. The lowest BCUT2D eigenvalue weighted by Gasteiger charge is -2.30. The van der Waals surface area contributed by atoms with Crippen molar-refractivity contribution in [2.75, 3.05) is 32.0 Å². The molecular weight excluding hydrogens is 1720 g/mol. The van der Waals surface area contributed by atoms with Crippen LogP contribution in [0.4, 0.5) is 5.69 Å². The number of para-hydroxylation sites is 2. The van der Waals surface area contributed by atoms with Gasteiger partial charge >= 0.3 is 29.8 Å². The van der Waals surface area contributed by atoms with Crippen molar-refractivity contribution in [1.29, 1.82) is 0 Å². The summed E-state index contributed by atoms with van der Waals surface area (Å²) in [6.07, 6.45) is -2.64. The molecule has 0 aliphatic carbocycles. The first-order chi connectivity index (χ1) is 62.2. The molecule has 1 aliphatic rings. The zero-order valence-corrected chi connectivity index (χ0v) is 72.4. The number of hydrogen-bond donors (Lipinski definition) is 23. The van der Waals surface area contributed by atoms with Gasteiger partial charge in [0, 0.05) is 65.8 Å². The molecule has 1 aliphatic heterocycles. The third kappa shape index (κ3) is 35.8. The number of benzene rings is 4. The number of primary amides is 1. The quantitative estimate of drug-likeness (QED) is 0.00832. The summed E-state index contributed by atoms with van der Waals surface area (Å²) in [6, 6.07) is 2.68. The number of fused-ring (bicyclic) bond motifs is 1. The van der Waals surface area contributed by atoms with Gasteiger partial charge in [-0.15, -0.1) is 0 Å². The van der Waals surface area contributed by atoms with Gasteiger partial charge < -0.3 is 131 Å². The van der Waals surface area contributed by atoms with Gasteiger partial charge in [0.25, 0.3) is 0 Å². The maximum atomic E-state index is 15.1. The number of H-pyrrole nitrogens is 1. The fourth-order valence-corrected chi connectivity index (χ4v) is 13.6. The number of hydrogen-bond acceptors (Lipinski definition) is 26. The van der Waals surface area contributed by atoms with Gasteiger partial charge in [-0.1, -0.05) is 119 Å². The van der Waals surface area contributed by atoms with E-state index in [2.05, 4.69) is 70.4 Å². The van der Waals surface area contributed by atoms with Crippen LogP contribution in [-0.4, -0.2) is 253 Å². The van der Waals surface area contributed by atoms with E-state index in [0.717, 1.165) is 58.4 Å². The van der Waals surface area contributed by atoms with Crippen molar-refractivity contribution >= 4 is 135 Å². The number of nitrogen functional groups attached to an aromatic ring is 1. The molecule has 13 unspecified atom stereocenters. The minimum absolute atomic E-state index is 0.0278. The number of carboxylic acid groups (broad SMARTS) is 4. The van der Waals surface area contributed by atoms with Crippen molar-refractivity contribution in [3.8, 4) is 11.5 Å². The molecule has 2 heterocycles. The number of aromatic nitrogens is 1. The summed E-state index contributed by atoms with van der Waals surface area (Å²) in [4.78, 5) is 280. The van der Waals surface area contributed by atoms with Crippen LogP contribution >= 0.6 is 0 Å². The highest BCUT2D eigenvalue weighted by Crippen LogP contribution is 2.26. The first-order valence-electron chi connectivity index (χ1n) is 42.2. The minimum Gasteiger partial charge on any atom is -0.507 e. The molecular formula is C86H113N17O28. The van der Waals surface area contributed by atoms with Crippen LogP contribution in [0, 0.1) is 5.92 Å². The molecule has 1 saturated heterocycles. The van der Waals surface area contributed by atoms with E-state index in [-0.39, 0.29) is 56.0 Å². The first-order valence-corrected chi connectivity index (χ1v) is 42.2. The number of ketones is 1. The third-order valence-electron chi connectivity index (χ3n) is 20.6. The largest absolute Gasteiger partial charge is 0.507 e. The number of carboxylic acids is 4. The molecule has 1 aromatic heterocycles. The van der Waals surface area contributed by atoms with Gasteiger partial charge in [-0.3, -0.25) is 91.1 Å². The van der Waals surface area contributed by atoms with Crippen LogP contribution in [0.1, 0.15) is 157 Å². The number of rotatable bonds is 41. The number of amides is 14. The van der Waals surface area contributed by atoms with Gasteiger partial charge in [-0.2, -0.15) is 0 Å². The predicted molar refractivity (Wildman–Crippen MR) is 462 cm³/mol. The normalized spacial score (nSPS) is 20.0. The number of aromatic amines is 1. The van der Waals surface area contributed by atoms with Gasteiger partial charge in [-0.05, 0) is 81.0 Å². The van der Waals surface area contributed by atoms with Crippen LogP contribution in [0.3, 0.4) is 0 Å². The average Bonchev–Trinajstić information content (AvgIpc) is 1.07. The third-order valence-corrected chi connectivity index (χ3v) is 20.6. The lowest BCUT2D eigenvalue weighted by molar-refractivity contribution is -0.156. The summed E-state index contributed by atoms with van der Waals surface area (Å²) in [5, 5.41) is 93.7. The fourth-order valence-electron chi connectivity index (χ4n) is 13.6. The molecule has 0 spiro atoms. The Morgan fingerprint density at radius 1 is 0.550 bits per heavy atom. The number of aliphatic hydroxyl groups is 1. The molecule has 0 radical (unpaired) electrons. The molecule has 5 aromatic rings. The monoisotopic (exact) mass is 1830 g/mol. The fraction of sp³-hybridized carbons (Fsp3) is 0.465. The standard InChI is InChI=1S/C86H113N17O28/c1-5-6-7-8-9-10-14-27-67(108)95-57(32-50-40-90-55-25-18-16-22-52(50)55)80(123)98-58(35-66(88)107)81(124)100-61(38-73(117)118)82(125)103-75-47(4)131-86(129)62(34-65(106)53-23-15-17-24-54(53)87)101-85(128)74(45(2)31-70(111)112)102-83(126)63(43-104)96-69(110)41-91-77(120)59(36-71(113)114)97-76(119)46(3)93-79(122)60(37-72(115)116)99-78(121)56(94-68(109)42-92-84(75)127)26-19-30-89-39-49-28-29-51(33-64(49)105)130-44-48-20-12-11-13-21-48/h11-13,15-18,20-25,28-29,33,40,45-47,56-63,74-75,89-90,104-105H,5-10,14,19,26-27,30-32,34-39,41-44,87H2,1-4H3,(H2,88,107)(H,91,120)(H,92,127)(H,93,122)(H,94,109)(H,95,108)(H,96,110)(H,97,119)(H,98,123)(H,99,121)(H,100,124)(H,101,128)(H,102,126)(H,103,125)(H,111,112)(H,113,114)(H,115,116)(H,117,118). The Morgan fingerprint density at radius 2 is 1.12 bits per heavy atom. The number of carbonyl (C=O) groups is 20. The first kappa shape index (κ1) is 105. The molecule has 1 fully saturated rings. The minimum atomic E-state index is -2.49. The number of phenols is 1. The van der Waals surface area contributed by atoms with Gasteiger partial charge in [0.2, 0.25) is 82.7 Å². The Balaban J connectivity index is 1.42. The van der Waals surface area contributed by atoms with E-state index in [0.29, 0.717) is 40.6 Å². The number of esters is 1. The lowest BCUT2D eigenvalue weighted by atomic mass is 9.96. The Kier molecular flexibility index (Phi) is 42.7. The molecule has 710 valence electrons. The van der Waals surface area contributed by atoms with Crippen LogP contribution in [0.15, 0.2) is 103 Å². The van der Waals surface area contributed by atoms with Crippen LogP contribution in [-0.2, 0) is 115 Å². The highest BCUT2D eigenvalue weighted by atomic mass is 16.5. The number of aromatic hydroxyl groups is 1. The number of unbranched alkanes of at least 4 members (excludes halogenated alkanes) is 6. The number of phenolic OH excluding ortho intramolecular Hbond substituents is 1. The highest BCUT2D eigenvalue weighted by molar-refractivity contribution is 6.05. The SMILES string of the molecule is CCCCCCCCCC(=O)NC(Cc1c[nH]c2ccccc12)C(=O)NC(CC(N)=O)C(=O)NC(CC(=O)O)C(=O)NC1C(=O)NCC(=O)NC(CCCNCc2ccc(OCc3ccccc3)cc2O)C(=O)NC(CC(=O)O)C(=O)NC(C)C(=O)NC(CC(=O)O)C(=O)NCC(=O)NC(CO)C(=O)NC(C(C)CC(=O)O)C(=O)NC(CC(=O)c2ccccc2N)C(=O)OC1C. The summed E-state index contributed by atoms with van der Waals surface area (Å²) >= 11 is 0. The Bertz CT molecular complexity index is 4910. The van der Waals surface area contributed by atoms with Crippen molar-refractivity contribution in [3.63, 3.8) is 0 Å². The van der Waals surface area contributed by atoms with E-state index >= 15 is 9.59 Å². The van der Waals surface area contributed by atoms with Crippen molar-refractivity contribution in [3.05, 3.63) is 126 Å². The molecule has 4 aromatic carbocycles. The number of nitrogens with two attached hydrogens (primary N) is 2. The second-order valence-electron chi connectivity index (χ2n) is 31.2. The lowest BCUT2D eigenvalue weighted by Crippen LogP contribution is -2.62. The molecule has 0 saturated carbocycles. The van der Waals surface area contributed by atoms with Crippen molar-refractivity contribution in [2.45, 2.75) is 223 Å². The van der Waals surface area contributed by atoms with Gasteiger partial charge in [0.1, 0.15) is 90.7 Å². The second kappa shape index (κ2) is 53.2. The maximum absolute atomic E-state index is 15.1. The highest BCUT2D eigenvalue weighted by Gasteiger charge is 2.41. The van der Waals surface area contributed by atoms with E-state index in [1.165, 1.54) is 30.3 Å². The zero-order valence-electron chi connectivity index (χ0n) is 72.4. The number of aliphatic hydroxyl groups excluding tert-OH is 1. The Morgan fingerprint density at radius 3 is 1.76 bits per heavy atom. The summed E-state index contributed by atoms with van der Waals surface area (Å²) in [5.74, 6) is -29.9. The number of ether oxygens (including phenoxy) is 2. The predicted octanol–water partition coefficient (Wildman–Crippen LogP) is -2.51. The van der Waals surface area contributed by atoms with E-state index in [4.69, 9.17) is 20.9 Å². The molecule has 13 atom stereocenters. The maximum Gasteiger partial charge on any atom is 0.329 e. The zero-order chi connectivity index (χ0) is 96.6. The molecule has 131 heavy (non-hydrogen) atoms. The van der Waals surface area contributed by atoms with Gasteiger partial charge in [0.05, 0.1) is 51.8 Å². The Labute approximate surface area is 750 Å². The van der Waals surface area contributed by atoms with E-state index in [1.807, 2.05) is 46.3 Å². The summed E-state index contributed by atoms with van der Waals surface area (Å²) in [6.45, 7) is 1.31. The van der Waals surface area contributed by atoms with Crippen LogP contribution in [0.2, 0.25) is 0 Å². The van der Waals surface area contributed by atoms with E-state index < -0.39 is 261 Å². The average molecular weight is 1830 g/mol. The number of anilines is 1. The molecule has 45 heteroatoms. The van der Waals surface area contributed by atoms with Crippen molar-refractivity contribution in [2.24, 2.45) is 11.7 Å². The number of nitrogens with one attached hydrogen (secondary N) is 15. The van der Waals surface area contributed by atoms with E-state index in [1.54, 1.807) is 42.6 Å². The van der Waals surface area contributed by atoms with Crippen molar-refractivity contribution < 1.29 is 136 Å². The van der Waals surface area contributed by atoms with Crippen molar-refractivity contribution in [1.82, 2.24) is 79.4 Å². The van der Waals surface area contributed by atoms with E-state index in [9.17, 15) is 117 Å². The van der Waals surface area contributed by atoms with Gasteiger partial charge in [-0.25, -0.2) is 4.79 Å². The topological polar surface area (TPSA) is 717 Å². The summed E-state index contributed by atoms with van der Waals surface area (Å²) < 4.78 is 11.6. The smallest absolute Gasteiger partial charge is 0.329 e. The van der Waals surface area contributed by atoms with Crippen LogP contribution in [0.5, 0.6) is 11.5 Å². The summed E-state index contributed by atoms with van der Waals surface area (Å²) in [5.41, 5.74) is 13.6. The number of Topliss-reactive ketones (excluding diaryl/α,β-unsaturated/α-hetero) is 1. The number of aliphatic carboxylic acids is 4. The number of carbonyl (C=O) groups excluding carboxylic acids is 16. The summed E-state index contributed by atoms with van der Waals surface area (Å²) in [7, 11) is 0. The molecule has 6 rings (SSSR count). The molecule has 14 amide bonds. The molecule has 0 bridgehead atoms. The Hall–Kier alpha value is -14.7. The van der Waals surface area contributed by atoms with Crippen LogP contribution in [0.25, 0.3) is 10.9 Å². The van der Waals surface area contributed by atoms with Crippen LogP contribution < -0.4 is 90.6 Å². The number of cyclic esters (lactones) is 1.